The van der Waals surface area contributed by atoms with E-state index in [-0.39, 0.29) is 30.6 Å². The fourth-order valence-corrected chi connectivity index (χ4v) is 4.54. The van der Waals surface area contributed by atoms with E-state index in [0.29, 0.717) is 17.4 Å². The third-order valence-corrected chi connectivity index (χ3v) is 6.00. The smallest absolute Gasteiger partial charge is 0.223 e. The summed E-state index contributed by atoms with van der Waals surface area (Å²) in [5, 5.41) is 3.46. The van der Waals surface area contributed by atoms with Crippen molar-refractivity contribution in [2.45, 2.75) is 18.9 Å². The molecule has 28 heavy (non-hydrogen) atoms. The van der Waals surface area contributed by atoms with Gasteiger partial charge in [-0.25, -0.2) is 0 Å². The first-order chi connectivity index (χ1) is 13.7. The lowest BCUT2D eigenvalue weighted by molar-refractivity contribution is -0.132. The van der Waals surface area contributed by atoms with E-state index >= 15 is 0 Å². The van der Waals surface area contributed by atoms with Gasteiger partial charge < -0.3 is 15.0 Å². The van der Waals surface area contributed by atoms with Gasteiger partial charge in [-0.2, -0.15) is 0 Å². The number of carbonyl (C=O) groups excluding carboxylic acids is 2. The number of methoxy groups -OCH3 is 1. The highest BCUT2D eigenvalue weighted by atomic mass is 16.5. The number of rotatable bonds is 6. The summed E-state index contributed by atoms with van der Waals surface area (Å²) in [6, 6.07) is 17.3. The third-order valence-electron chi connectivity index (χ3n) is 6.00. The first-order valence-corrected chi connectivity index (χ1v) is 9.90. The predicted molar refractivity (Wildman–Crippen MR) is 107 cm³/mol. The van der Waals surface area contributed by atoms with Gasteiger partial charge in [0.2, 0.25) is 5.91 Å². The van der Waals surface area contributed by atoms with Crippen molar-refractivity contribution in [1.82, 2.24) is 10.2 Å². The number of Topliss-reactive ketones (excluding diaryl/α,β-unsaturated/α-hetero) is 1. The lowest BCUT2D eigenvalue weighted by Gasteiger charge is -2.28. The Kier molecular flexibility index (Phi) is 5.44. The van der Waals surface area contributed by atoms with Crippen LogP contribution in [-0.2, 0) is 4.79 Å². The summed E-state index contributed by atoms with van der Waals surface area (Å²) < 4.78 is 5.27. The summed E-state index contributed by atoms with van der Waals surface area (Å²) in [6.45, 7) is 2.63. The SMILES string of the molecule is COc1ccc([C@H]2[C@H]3CNC[C@H]3CN2C(=O)CCC(=O)c2ccccc2)cc1. The zero-order valence-electron chi connectivity index (χ0n) is 16.1. The molecule has 2 heterocycles. The van der Waals surface area contributed by atoms with Crippen LogP contribution in [0.3, 0.4) is 0 Å². The van der Waals surface area contributed by atoms with E-state index in [1.807, 2.05) is 35.2 Å². The first-order valence-electron chi connectivity index (χ1n) is 9.90. The quantitative estimate of drug-likeness (QED) is 0.785. The lowest BCUT2D eigenvalue weighted by atomic mass is 9.89. The van der Waals surface area contributed by atoms with Crippen molar-refractivity contribution in [3.05, 3.63) is 65.7 Å². The van der Waals surface area contributed by atoms with E-state index in [1.54, 1.807) is 19.2 Å². The molecule has 0 aromatic heterocycles. The molecule has 146 valence electrons. The van der Waals surface area contributed by atoms with Crippen LogP contribution in [0.25, 0.3) is 0 Å². The Labute approximate surface area is 165 Å². The van der Waals surface area contributed by atoms with Crippen molar-refractivity contribution in [2.24, 2.45) is 11.8 Å². The average Bonchev–Trinajstić information content (AvgIpc) is 3.34. The van der Waals surface area contributed by atoms with Crippen LogP contribution in [0, 0.1) is 11.8 Å². The number of nitrogens with zero attached hydrogens (tertiary/aromatic N) is 1. The van der Waals surface area contributed by atoms with E-state index in [0.717, 1.165) is 30.9 Å². The Balaban J connectivity index is 1.48. The van der Waals surface area contributed by atoms with Gasteiger partial charge in [0.15, 0.2) is 5.78 Å². The van der Waals surface area contributed by atoms with Gasteiger partial charge in [-0.15, -0.1) is 0 Å². The maximum Gasteiger partial charge on any atom is 0.223 e. The third kappa shape index (κ3) is 3.67. The largest absolute Gasteiger partial charge is 0.497 e. The lowest BCUT2D eigenvalue weighted by Crippen LogP contribution is -2.34. The number of carbonyl (C=O) groups is 2. The van der Waals surface area contributed by atoms with Gasteiger partial charge in [0.1, 0.15) is 5.75 Å². The molecule has 0 aliphatic carbocycles. The molecule has 3 atom stereocenters. The van der Waals surface area contributed by atoms with E-state index in [4.69, 9.17) is 4.74 Å². The molecule has 2 fully saturated rings. The maximum absolute atomic E-state index is 13.0. The van der Waals surface area contributed by atoms with E-state index in [2.05, 4.69) is 17.4 Å². The first kappa shape index (κ1) is 18.7. The molecule has 5 heteroatoms. The highest BCUT2D eigenvalue weighted by Crippen LogP contribution is 2.43. The molecule has 5 nitrogen and oxygen atoms in total. The average molecular weight is 378 g/mol. The number of nitrogens with one attached hydrogen (secondary N) is 1. The zero-order chi connectivity index (χ0) is 19.5. The van der Waals surface area contributed by atoms with Crippen molar-refractivity contribution in [2.75, 3.05) is 26.7 Å². The number of benzene rings is 2. The minimum absolute atomic E-state index is 0.0241. The van der Waals surface area contributed by atoms with Gasteiger partial charge in [-0.05, 0) is 23.6 Å². The Morgan fingerprint density at radius 3 is 2.50 bits per heavy atom. The van der Waals surface area contributed by atoms with E-state index < -0.39 is 0 Å². The van der Waals surface area contributed by atoms with Gasteiger partial charge in [0.05, 0.1) is 13.2 Å². The molecule has 0 unspecified atom stereocenters. The number of hydrogen-bond acceptors (Lipinski definition) is 4. The summed E-state index contributed by atoms with van der Waals surface area (Å²) in [5.41, 5.74) is 1.81. The van der Waals surface area contributed by atoms with Crippen molar-refractivity contribution in [3.8, 4) is 5.75 Å². The number of ether oxygens (including phenoxy) is 1. The number of ketones is 1. The van der Waals surface area contributed by atoms with Gasteiger partial charge >= 0.3 is 0 Å². The van der Waals surface area contributed by atoms with Crippen LogP contribution in [0.2, 0.25) is 0 Å². The summed E-state index contributed by atoms with van der Waals surface area (Å²) in [6.07, 6.45) is 0.509. The van der Waals surface area contributed by atoms with Crippen molar-refractivity contribution < 1.29 is 14.3 Å². The van der Waals surface area contributed by atoms with Crippen LogP contribution in [0.4, 0.5) is 0 Å². The fourth-order valence-electron chi connectivity index (χ4n) is 4.54. The van der Waals surface area contributed by atoms with Gasteiger partial charge in [0, 0.05) is 44.0 Å². The monoisotopic (exact) mass is 378 g/mol. The molecule has 2 saturated heterocycles. The molecule has 2 aromatic rings. The molecule has 2 aliphatic heterocycles. The number of hydrogen-bond donors (Lipinski definition) is 1. The fraction of sp³-hybridized carbons (Fsp3) is 0.391. The minimum atomic E-state index is 0.0241. The topological polar surface area (TPSA) is 58.6 Å². The molecule has 0 bridgehead atoms. The highest BCUT2D eigenvalue weighted by molar-refractivity contribution is 5.97. The maximum atomic E-state index is 13.0. The second-order valence-electron chi connectivity index (χ2n) is 7.64. The highest BCUT2D eigenvalue weighted by Gasteiger charge is 2.46. The molecule has 4 rings (SSSR count). The molecule has 2 aromatic carbocycles. The van der Waals surface area contributed by atoms with Crippen LogP contribution in [0.1, 0.15) is 34.8 Å². The second kappa shape index (κ2) is 8.15. The normalized spacial score (nSPS) is 23.5. The molecular formula is C23H26N2O3. The van der Waals surface area contributed by atoms with Crippen LogP contribution in [0.15, 0.2) is 54.6 Å². The van der Waals surface area contributed by atoms with E-state index in [1.165, 1.54) is 0 Å². The minimum Gasteiger partial charge on any atom is -0.497 e. The molecular weight excluding hydrogens is 352 g/mol. The Hall–Kier alpha value is -2.66. The Bertz CT molecular complexity index is 835. The van der Waals surface area contributed by atoms with Gasteiger partial charge in [-0.3, -0.25) is 9.59 Å². The van der Waals surface area contributed by atoms with Crippen molar-refractivity contribution in [1.29, 1.82) is 0 Å². The van der Waals surface area contributed by atoms with Gasteiger partial charge in [0.25, 0.3) is 0 Å². The molecule has 1 N–H and O–H groups in total. The number of amides is 1. The number of likely N-dealkylation sites (tertiary alicyclic amines) is 1. The van der Waals surface area contributed by atoms with Crippen molar-refractivity contribution >= 4 is 11.7 Å². The molecule has 0 radical (unpaired) electrons. The molecule has 0 spiro atoms. The summed E-state index contributed by atoms with van der Waals surface area (Å²) in [4.78, 5) is 27.4. The van der Waals surface area contributed by atoms with Crippen LogP contribution in [0.5, 0.6) is 5.75 Å². The number of fused-ring (bicyclic) bond motifs is 1. The predicted octanol–water partition coefficient (Wildman–Crippen LogP) is 3.08. The molecule has 1 amide bonds. The van der Waals surface area contributed by atoms with Crippen molar-refractivity contribution in [3.63, 3.8) is 0 Å². The Morgan fingerprint density at radius 2 is 1.79 bits per heavy atom. The Morgan fingerprint density at radius 1 is 1.04 bits per heavy atom. The van der Waals surface area contributed by atoms with Crippen LogP contribution < -0.4 is 10.1 Å². The van der Waals surface area contributed by atoms with Crippen LogP contribution >= 0.6 is 0 Å². The van der Waals surface area contributed by atoms with E-state index in [9.17, 15) is 9.59 Å². The zero-order valence-corrected chi connectivity index (χ0v) is 16.1. The molecule has 2 aliphatic rings. The summed E-state index contributed by atoms with van der Waals surface area (Å²) in [7, 11) is 1.65. The molecule has 0 saturated carbocycles. The second-order valence-corrected chi connectivity index (χ2v) is 7.64. The van der Waals surface area contributed by atoms with Gasteiger partial charge in [-0.1, -0.05) is 42.5 Å². The van der Waals surface area contributed by atoms with Crippen LogP contribution in [-0.4, -0.2) is 43.3 Å². The summed E-state index contributed by atoms with van der Waals surface area (Å²) in [5.74, 6) is 1.80. The standard InChI is InChI=1S/C23H26N2O3/c1-28-19-9-7-17(8-10-19)23-20-14-24-13-18(20)15-25(23)22(27)12-11-21(26)16-5-3-2-4-6-16/h2-10,18,20,23-24H,11-15H2,1H3/t18-,20-,23-/m0/s1. The summed E-state index contributed by atoms with van der Waals surface area (Å²) >= 11 is 0.